The lowest BCUT2D eigenvalue weighted by molar-refractivity contribution is 0.360. The van der Waals surface area contributed by atoms with Crippen LogP contribution < -0.4 is 10.6 Å². The molecule has 2 nitrogen and oxygen atoms in total. The molecule has 17 heavy (non-hydrogen) atoms. The first-order valence-electron chi connectivity index (χ1n) is 6.31. The van der Waals surface area contributed by atoms with Gasteiger partial charge < -0.3 is 10.6 Å². The molecule has 1 heterocycles. The third-order valence-electron chi connectivity index (χ3n) is 3.28. The fourth-order valence-corrected chi connectivity index (χ4v) is 2.22. The van der Waals surface area contributed by atoms with Gasteiger partial charge in [0.15, 0.2) is 0 Å². The lowest BCUT2D eigenvalue weighted by atomic mass is 10.00. The second-order valence-corrected chi connectivity index (χ2v) is 4.83. The van der Waals surface area contributed by atoms with Gasteiger partial charge in [-0.15, -0.1) is 12.4 Å². The van der Waals surface area contributed by atoms with Crippen molar-refractivity contribution in [2.24, 2.45) is 5.92 Å². The molecule has 1 unspecified atom stereocenters. The van der Waals surface area contributed by atoms with Crippen LogP contribution in [0.1, 0.15) is 24.0 Å². The molecule has 1 atom stereocenters. The normalized spacial score (nSPS) is 19.7. The molecule has 2 rings (SSSR count). The van der Waals surface area contributed by atoms with E-state index < -0.39 is 0 Å². The molecule has 1 fully saturated rings. The van der Waals surface area contributed by atoms with E-state index in [0.29, 0.717) is 0 Å². The Bertz CT molecular complexity index is 305. The van der Waals surface area contributed by atoms with E-state index in [1.165, 1.54) is 37.1 Å². The number of nitrogens with one attached hydrogen (secondary N) is 2. The average Bonchev–Trinajstić information content (AvgIpc) is 2.33. The van der Waals surface area contributed by atoms with E-state index in [1.807, 2.05) is 0 Å². The van der Waals surface area contributed by atoms with Gasteiger partial charge in [0.25, 0.3) is 0 Å². The van der Waals surface area contributed by atoms with Gasteiger partial charge in [-0.25, -0.2) is 0 Å². The van der Waals surface area contributed by atoms with Gasteiger partial charge in [-0.2, -0.15) is 0 Å². The van der Waals surface area contributed by atoms with Gasteiger partial charge in [-0.1, -0.05) is 29.8 Å². The zero-order valence-electron chi connectivity index (χ0n) is 10.5. The molecule has 1 aliphatic rings. The molecule has 2 N–H and O–H groups in total. The molecule has 0 aliphatic carbocycles. The van der Waals surface area contributed by atoms with Crippen molar-refractivity contribution in [1.82, 2.24) is 10.6 Å². The first kappa shape index (κ1) is 14.5. The summed E-state index contributed by atoms with van der Waals surface area (Å²) >= 11 is 0. The van der Waals surface area contributed by atoms with Crippen LogP contribution in [-0.4, -0.2) is 19.6 Å². The highest BCUT2D eigenvalue weighted by atomic mass is 35.5. The van der Waals surface area contributed by atoms with E-state index in [9.17, 15) is 0 Å². The van der Waals surface area contributed by atoms with Crippen molar-refractivity contribution < 1.29 is 0 Å². The Balaban J connectivity index is 0.00000144. The van der Waals surface area contributed by atoms with Crippen LogP contribution >= 0.6 is 12.4 Å². The van der Waals surface area contributed by atoms with Crippen molar-refractivity contribution in [2.45, 2.75) is 26.3 Å². The van der Waals surface area contributed by atoms with Gasteiger partial charge in [0.2, 0.25) is 0 Å². The number of hydrogen-bond acceptors (Lipinski definition) is 2. The summed E-state index contributed by atoms with van der Waals surface area (Å²) in [7, 11) is 0. The van der Waals surface area contributed by atoms with Crippen molar-refractivity contribution in [3.05, 3.63) is 35.4 Å². The second-order valence-electron chi connectivity index (χ2n) is 4.83. The summed E-state index contributed by atoms with van der Waals surface area (Å²) in [6, 6.07) is 8.78. The van der Waals surface area contributed by atoms with Crippen molar-refractivity contribution >= 4 is 12.4 Å². The van der Waals surface area contributed by atoms with Crippen LogP contribution in [0, 0.1) is 12.8 Å². The highest BCUT2D eigenvalue weighted by molar-refractivity contribution is 5.85. The molecule has 0 amide bonds. The average molecular weight is 255 g/mol. The standard InChI is InChI=1S/C14H22N2.ClH/c1-12-4-6-13(7-5-12)9-16-11-14-3-2-8-15-10-14;/h4-7,14-16H,2-3,8-11H2,1H3;1H. The van der Waals surface area contributed by atoms with Crippen LogP contribution in [0.25, 0.3) is 0 Å². The molecule has 0 radical (unpaired) electrons. The number of aryl methyl sites for hydroxylation is 1. The topological polar surface area (TPSA) is 24.1 Å². The number of piperidine rings is 1. The summed E-state index contributed by atoms with van der Waals surface area (Å²) in [4.78, 5) is 0. The maximum absolute atomic E-state index is 3.55. The molecule has 3 heteroatoms. The maximum Gasteiger partial charge on any atom is 0.0205 e. The fourth-order valence-electron chi connectivity index (χ4n) is 2.22. The van der Waals surface area contributed by atoms with Crippen LogP contribution in [0.3, 0.4) is 0 Å². The third kappa shape index (κ3) is 5.07. The Hall–Kier alpha value is -0.570. The van der Waals surface area contributed by atoms with Gasteiger partial charge >= 0.3 is 0 Å². The zero-order valence-corrected chi connectivity index (χ0v) is 11.4. The molecule has 1 saturated heterocycles. The summed E-state index contributed by atoms with van der Waals surface area (Å²) in [6.45, 7) is 6.65. The smallest absolute Gasteiger partial charge is 0.0205 e. The van der Waals surface area contributed by atoms with Crippen molar-refractivity contribution in [1.29, 1.82) is 0 Å². The first-order chi connectivity index (χ1) is 7.84. The van der Waals surface area contributed by atoms with Gasteiger partial charge in [0, 0.05) is 6.54 Å². The van der Waals surface area contributed by atoms with Crippen LogP contribution in [-0.2, 0) is 6.54 Å². The molecule has 0 saturated carbocycles. The molecular weight excluding hydrogens is 232 g/mol. The summed E-state index contributed by atoms with van der Waals surface area (Å²) in [5.41, 5.74) is 2.72. The van der Waals surface area contributed by atoms with Crippen LogP contribution in [0.4, 0.5) is 0 Å². The monoisotopic (exact) mass is 254 g/mol. The van der Waals surface area contributed by atoms with Gasteiger partial charge in [0.1, 0.15) is 0 Å². The van der Waals surface area contributed by atoms with E-state index in [2.05, 4.69) is 41.8 Å². The zero-order chi connectivity index (χ0) is 11.2. The minimum absolute atomic E-state index is 0. The van der Waals surface area contributed by atoms with Crippen LogP contribution in [0.2, 0.25) is 0 Å². The van der Waals surface area contributed by atoms with E-state index in [1.54, 1.807) is 0 Å². The first-order valence-corrected chi connectivity index (χ1v) is 6.31. The van der Waals surface area contributed by atoms with E-state index in [-0.39, 0.29) is 12.4 Å². The Morgan fingerprint density at radius 2 is 2.06 bits per heavy atom. The summed E-state index contributed by atoms with van der Waals surface area (Å²) in [5, 5.41) is 7.00. The van der Waals surface area contributed by atoms with Crippen molar-refractivity contribution in [3.63, 3.8) is 0 Å². The molecule has 1 aromatic carbocycles. The quantitative estimate of drug-likeness (QED) is 0.863. The van der Waals surface area contributed by atoms with Crippen LogP contribution in [0.5, 0.6) is 0 Å². The minimum Gasteiger partial charge on any atom is -0.316 e. The Morgan fingerprint density at radius 1 is 1.29 bits per heavy atom. The number of halogens is 1. The van der Waals surface area contributed by atoms with E-state index >= 15 is 0 Å². The Kier molecular flexibility index (Phi) is 6.56. The molecule has 0 spiro atoms. The molecule has 0 aromatic heterocycles. The molecule has 1 aliphatic heterocycles. The summed E-state index contributed by atoms with van der Waals surface area (Å²) < 4.78 is 0. The van der Waals surface area contributed by atoms with Crippen LogP contribution in [0.15, 0.2) is 24.3 Å². The fraction of sp³-hybridized carbons (Fsp3) is 0.571. The predicted octanol–water partition coefficient (Wildman–Crippen LogP) is 2.51. The lowest BCUT2D eigenvalue weighted by Gasteiger charge is -2.22. The van der Waals surface area contributed by atoms with E-state index in [0.717, 1.165) is 19.0 Å². The van der Waals surface area contributed by atoms with Gasteiger partial charge in [-0.05, 0) is 50.9 Å². The van der Waals surface area contributed by atoms with Crippen molar-refractivity contribution in [2.75, 3.05) is 19.6 Å². The lowest BCUT2D eigenvalue weighted by Crippen LogP contribution is -2.35. The van der Waals surface area contributed by atoms with Crippen molar-refractivity contribution in [3.8, 4) is 0 Å². The van der Waals surface area contributed by atoms with Gasteiger partial charge in [-0.3, -0.25) is 0 Å². The molecular formula is C14H23ClN2. The number of benzene rings is 1. The summed E-state index contributed by atoms with van der Waals surface area (Å²) in [5.74, 6) is 0.819. The Morgan fingerprint density at radius 3 is 2.71 bits per heavy atom. The molecule has 1 aromatic rings. The summed E-state index contributed by atoms with van der Waals surface area (Å²) in [6.07, 6.45) is 2.70. The SMILES string of the molecule is Cc1ccc(CNCC2CCCNC2)cc1.Cl. The number of hydrogen-bond donors (Lipinski definition) is 2. The highest BCUT2D eigenvalue weighted by Gasteiger charge is 2.11. The Labute approximate surface area is 111 Å². The largest absolute Gasteiger partial charge is 0.316 e. The second kappa shape index (κ2) is 7.70. The molecule has 0 bridgehead atoms. The third-order valence-corrected chi connectivity index (χ3v) is 3.28. The highest BCUT2D eigenvalue weighted by Crippen LogP contribution is 2.09. The van der Waals surface area contributed by atoms with Gasteiger partial charge in [0.05, 0.1) is 0 Å². The molecule has 96 valence electrons. The predicted molar refractivity (Wildman–Crippen MR) is 75.7 cm³/mol. The minimum atomic E-state index is 0. The maximum atomic E-state index is 3.55. The van der Waals surface area contributed by atoms with E-state index in [4.69, 9.17) is 0 Å². The number of rotatable bonds is 4.